The van der Waals surface area contributed by atoms with E-state index in [-0.39, 0.29) is 0 Å². The van der Waals surface area contributed by atoms with Crippen molar-refractivity contribution in [3.8, 4) is 12.3 Å². The zero-order chi connectivity index (χ0) is 12.7. The van der Waals surface area contributed by atoms with Gasteiger partial charge in [0, 0.05) is 12.5 Å². The smallest absolute Gasteiger partial charge is 0.150 e. The first kappa shape index (κ1) is 14.5. The molecule has 0 aromatic heterocycles. The maximum absolute atomic E-state index is 11.4. The quantitative estimate of drug-likeness (QED) is 0.705. The Morgan fingerprint density at radius 2 is 2.29 bits per heavy atom. The van der Waals surface area contributed by atoms with E-state index in [0.29, 0.717) is 23.5 Å². The number of hydrogen-bond donors (Lipinski definition) is 1. The molecular formula is C13H23NO2S. The Morgan fingerprint density at radius 3 is 2.82 bits per heavy atom. The monoisotopic (exact) mass is 257 g/mol. The number of rotatable bonds is 7. The van der Waals surface area contributed by atoms with Gasteiger partial charge in [0.2, 0.25) is 0 Å². The van der Waals surface area contributed by atoms with Crippen molar-refractivity contribution in [3.63, 3.8) is 0 Å². The van der Waals surface area contributed by atoms with Crippen LogP contribution in [0.1, 0.15) is 39.0 Å². The van der Waals surface area contributed by atoms with Gasteiger partial charge in [-0.05, 0) is 38.1 Å². The van der Waals surface area contributed by atoms with Crippen LogP contribution in [0, 0.1) is 18.3 Å². The second kappa shape index (κ2) is 7.03. The number of hydrogen-bond acceptors (Lipinski definition) is 3. The zero-order valence-electron chi connectivity index (χ0n) is 10.6. The van der Waals surface area contributed by atoms with Gasteiger partial charge in [-0.15, -0.1) is 12.3 Å². The van der Waals surface area contributed by atoms with Crippen molar-refractivity contribution in [2.24, 2.45) is 5.92 Å². The van der Waals surface area contributed by atoms with E-state index in [4.69, 9.17) is 6.42 Å². The molecule has 3 nitrogen and oxygen atoms in total. The van der Waals surface area contributed by atoms with Gasteiger partial charge in [-0.3, -0.25) is 0 Å². The van der Waals surface area contributed by atoms with E-state index >= 15 is 0 Å². The average molecular weight is 257 g/mol. The molecule has 98 valence electrons. The van der Waals surface area contributed by atoms with Crippen LogP contribution in [0.3, 0.4) is 0 Å². The molecule has 2 unspecified atom stereocenters. The van der Waals surface area contributed by atoms with Crippen LogP contribution in [-0.4, -0.2) is 32.5 Å². The van der Waals surface area contributed by atoms with Crippen LogP contribution < -0.4 is 5.32 Å². The molecule has 1 rings (SSSR count). The Kier molecular flexibility index (Phi) is 6.01. The molecule has 0 aliphatic carbocycles. The molecule has 17 heavy (non-hydrogen) atoms. The van der Waals surface area contributed by atoms with Crippen LogP contribution in [0.2, 0.25) is 0 Å². The first-order chi connectivity index (χ1) is 8.07. The molecule has 1 saturated heterocycles. The van der Waals surface area contributed by atoms with Gasteiger partial charge in [0.15, 0.2) is 9.84 Å². The van der Waals surface area contributed by atoms with Crippen molar-refractivity contribution >= 4 is 9.84 Å². The molecule has 1 heterocycles. The molecule has 0 saturated carbocycles. The molecule has 0 bridgehead atoms. The Balaban J connectivity index is 2.40. The number of nitrogens with one attached hydrogen (secondary N) is 1. The predicted molar refractivity (Wildman–Crippen MR) is 71.5 cm³/mol. The predicted octanol–water partition coefficient (Wildman–Crippen LogP) is 1.59. The van der Waals surface area contributed by atoms with Crippen LogP contribution in [0.5, 0.6) is 0 Å². The van der Waals surface area contributed by atoms with Crippen molar-refractivity contribution in [1.29, 1.82) is 0 Å². The molecule has 1 N–H and O–H groups in total. The first-order valence-corrected chi connectivity index (χ1v) is 8.26. The normalized spacial score (nSPS) is 24.4. The second-order valence-corrected chi connectivity index (χ2v) is 7.13. The van der Waals surface area contributed by atoms with Crippen LogP contribution in [0.25, 0.3) is 0 Å². The van der Waals surface area contributed by atoms with E-state index in [1.54, 1.807) is 0 Å². The Bertz CT molecular complexity index is 356. The van der Waals surface area contributed by atoms with Crippen molar-refractivity contribution in [2.75, 3.05) is 18.1 Å². The molecule has 0 spiro atoms. The zero-order valence-corrected chi connectivity index (χ0v) is 11.4. The van der Waals surface area contributed by atoms with Gasteiger partial charge in [0.05, 0.1) is 11.5 Å². The fraction of sp³-hybridized carbons (Fsp3) is 0.846. The lowest BCUT2D eigenvalue weighted by atomic mass is 9.96. The fourth-order valence-electron chi connectivity index (χ4n) is 2.37. The molecule has 1 fully saturated rings. The van der Waals surface area contributed by atoms with E-state index in [2.05, 4.69) is 18.2 Å². The third-order valence-electron chi connectivity index (χ3n) is 3.26. The van der Waals surface area contributed by atoms with Gasteiger partial charge < -0.3 is 5.32 Å². The van der Waals surface area contributed by atoms with Crippen LogP contribution in [0.4, 0.5) is 0 Å². The summed E-state index contributed by atoms with van der Waals surface area (Å²) in [6.45, 7) is 3.11. The standard InChI is InChI=1S/C13H23NO2S/c1-3-5-6-13(14-8-4-2)10-12-7-9-17(15,16)11-12/h1,12-14H,4-11H2,2H3. The highest BCUT2D eigenvalue weighted by atomic mass is 32.2. The van der Waals surface area contributed by atoms with Gasteiger partial charge >= 0.3 is 0 Å². The number of sulfone groups is 1. The van der Waals surface area contributed by atoms with E-state index < -0.39 is 9.84 Å². The third-order valence-corrected chi connectivity index (χ3v) is 5.10. The summed E-state index contributed by atoms with van der Waals surface area (Å²) >= 11 is 0. The van der Waals surface area contributed by atoms with Crippen LogP contribution >= 0.6 is 0 Å². The van der Waals surface area contributed by atoms with Crippen molar-refractivity contribution in [1.82, 2.24) is 5.32 Å². The minimum absolute atomic E-state index is 0.326. The first-order valence-electron chi connectivity index (χ1n) is 6.44. The molecule has 0 radical (unpaired) electrons. The fourth-order valence-corrected chi connectivity index (χ4v) is 4.25. The average Bonchev–Trinajstić information content (AvgIpc) is 2.62. The molecule has 1 aliphatic heterocycles. The Labute approximate surface area is 105 Å². The summed E-state index contributed by atoms with van der Waals surface area (Å²) in [5.41, 5.74) is 0. The lowest BCUT2D eigenvalue weighted by Crippen LogP contribution is -2.32. The number of terminal acetylenes is 1. The van der Waals surface area contributed by atoms with E-state index in [9.17, 15) is 8.42 Å². The summed E-state index contributed by atoms with van der Waals surface area (Å²) in [5, 5.41) is 3.47. The van der Waals surface area contributed by atoms with Gasteiger partial charge in [0.1, 0.15) is 0 Å². The van der Waals surface area contributed by atoms with Gasteiger partial charge in [0.25, 0.3) is 0 Å². The van der Waals surface area contributed by atoms with Crippen molar-refractivity contribution in [3.05, 3.63) is 0 Å². The second-order valence-electron chi connectivity index (χ2n) is 4.90. The summed E-state index contributed by atoms with van der Waals surface area (Å²) in [4.78, 5) is 0. The maximum atomic E-state index is 11.4. The summed E-state index contributed by atoms with van der Waals surface area (Å²) in [6, 6.07) is 0.379. The van der Waals surface area contributed by atoms with Gasteiger partial charge in [-0.1, -0.05) is 6.92 Å². The molecular weight excluding hydrogens is 234 g/mol. The lowest BCUT2D eigenvalue weighted by Gasteiger charge is -2.20. The molecule has 0 amide bonds. The molecule has 0 aromatic carbocycles. The maximum Gasteiger partial charge on any atom is 0.150 e. The molecule has 1 aliphatic rings. The minimum Gasteiger partial charge on any atom is -0.314 e. The van der Waals surface area contributed by atoms with Gasteiger partial charge in [-0.2, -0.15) is 0 Å². The largest absolute Gasteiger partial charge is 0.314 e. The molecule has 2 atom stereocenters. The Hall–Kier alpha value is -0.530. The van der Waals surface area contributed by atoms with Gasteiger partial charge in [-0.25, -0.2) is 8.42 Å². The summed E-state index contributed by atoms with van der Waals surface area (Å²) < 4.78 is 22.8. The highest BCUT2D eigenvalue weighted by molar-refractivity contribution is 7.91. The molecule has 4 heteroatoms. The van der Waals surface area contributed by atoms with E-state index in [1.807, 2.05) is 0 Å². The minimum atomic E-state index is -2.75. The highest BCUT2D eigenvalue weighted by Crippen LogP contribution is 2.24. The lowest BCUT2D eigenvalue weighted by molar-refractivity contribution is 0.390. The van der Waals surface area contributed by atoms with Crippen molar-refractivity contribution in [2.45, 2.75) is 45.1 Å². The SMILES string of the molecule is C#CCCC(CC1CCS(=O)(=O)C1)NCCC. The summed E-state index contributed by atoms with van der Waals surface area (Å²) in [6.07, 6.45) is 9.86. The molecule has 0 aromatic rings. The van der Waals surface area contributed by atoms with E-state index in [0.717, 1.165) is 38.6 Å². The van der Waals surface area contributed by atoms with E-state index in [1.165, 1.54) is 0 Å². The summed E-state index contributed by atoms with van der Waals surface area (Å²) in [5.74, 6) is 3.72. The van der Waals surface area contributed by atoms with Crippen LogP contribution in [0.15, 0.2) is 0 Å². The highest BCUT2D eigenvalue weighted by Gasteiger charge is 2.29. The van der Waals surface area contributed by atoms with Crippen molar-refractivity contribution < 1.29 is 8.42 Å². The summed E-state index contributed by atoms with van der Waals surface area (Å²) in [7, 11) is -2.75. The third kappa shape index (κ3) is 5.56. The Morgan fingerprint density at radius 1 is 1.53 bits per heavy atom. The topological polar surface area (TPSA) is 46.2 Å². The van der Waals surface area contributed by atoms with Crippen LogP contribution in [-0.2, 0) is 9.84 Å².